The number of carbonyl (C=O) groups is 1. The van der Waals surface area contributed by atoms with Gasteiger partial charge in [0.15, 0.2) is 0 Å². The monoisotopic (exact) mass is 458 g/mol. The summed E-state index contributed by atoms with van der Waals surface area (Å²) in [6, 6.07) is 13.6. The Balaban J connectivity index is 1.65. The third-order valence-electron chi connectivity index (χ3n) is 5.11. The number of hydrogen-bond acceptors (Lipinski definition) is 6. The highest BCUT2D eigenvalue weighted by Crippen LogP contribution is 2.35. The smallest absolute Gasteiger partial charge is 0.273 e. The largest absolute Gasteiger partial charge is 0.497 e. The Kier molecular flexibility index (Phi) is 5.88. The van der Waals surface area contributed by atoms with E-state index in [-0.39, 0.29) is 5.91 Å². The van der Waals surface area contributed by atoms with E-state index < -0.39 is 10.0 Å². The molecule has 0 unspecified atom stereocenters. The van der Waals surface area contributed by atoms with Crippen molar-refractivity contribution in [3.63, 3.8) is 0 Å². The van der Waals surface area contributed by atoms with Crippen LogP contribution in [-0.2, 0) is 16.4 Å². The van der Waals surface area contributed by atoms with Gasteiger partial charge in [-0.15, -0.1) is 11.3 Å². The number of nitrogens with zero attached hydrogens (tertiary/aromatic N) is 1. The summed E-state index contributed by atoms with van der Waals surface area (Å²) in [5.41, 5.74) is 2.39. The van der Waals surface area contributed by atoms with Crippen LogP contribution in [0.15, 0.2) is 58.1 Å². The van der Waals surface area contributed by atoms with Crippen LogP contribution in [-0.4, -0.2) is 35.1 Å². The van der Waals surface area contributed by atoms with Gasteiger partial charge < -0.3 is 14.8 Å². The van der Waals surface area contributed by atoms with Gasteiger partial charge in [-0.3, -0.25) is 9.10 Å². The van der Waals surface area contributed by atoms with E-state index in [1.54, 1.807) is 47.8 Å². The van der Waals surface area contributed by atoms with E-state index in [0.717, 1.165) is 18.4 Å². The number of aryl methyl sites for hydroxylation is 1. The van der Waals surface area contributed by atoms with Crippen LogP contribution in [0.25, 0.3) is 0 Å². The second kappa shape index (κ2) is 8.60. The van der Waals surface area contributed by atoms with Crippen molar-refractivity contribution in [2.75, 3.05) is 30.4 Å². The molecule has 0 atom stereocenters. The average molecular weight is 459 g/mol. The molecular formula is C22H22N2O5S2. The third-order valence-corrected chi connectivity index (χ3v) is 8.30. The molecule has 2 heterocycles. The lowest BCUT2D eigenvalue weighted by Crippen LogP contribution is -2.35. The number of anilines is 2. The van der Waals surface area contributed by atoms with Gasteiger partial charge in [-0.2, -0.15) is 0 Å². The van der Waals surface area contributed by atoms with Crippen molar-refractivity contribution in [3.05, 3.63) is 65.0 Å². The molecule has 1 amide bonds. The van der Waals surface area contributed by atoms with Gasteiger partial charge in [0.25, 0.3) is 15.9 Å². The summed E-state index contributed by atoms with van der Waals surface area (Å²) in [5.74, 6) is 0.608. The number of rotatable bonds is 6. The number of hydrogen-bond donors (Lipinski definition) is 1. The fourth-order valence-electron chi connectivity index (χ4n) is 3.57. The van der Waals surface area contributed by atoms with Crippen molar-refractivity contribution in [3.8, 4) is 11.5 Å². The lowest BCUT2D eigenvalue weighted by Gasteiger charge is -2.30. The highest BCUT2D eigenvalue weighted by Gasteiger charge is 2.30. The van der Waals surface area contributed by atoms with Crippen LogP contribution in [0.2, 0.25) is 0 Å². The van der Waals surface area contributed by atoms with Crippen molar-refractivity contribution in [1.29, 1.82) is 0 Å². The molecule has 0 spiro atoms. The number of sulfonamides is 1. The van der Waals surface area contributed by atoms with Gasteiger partial charge in [0.2, 0.25) is 0 Å². The van der Waals surface area contributed by atoms with Gasteiger partial charge >= 0.3 is 0 Å². The van der Waals surface area contributed by atoms with Crippen molar-refractivity contribution < 1.29 is 22.7 Å². The SMILES string of the molecule is COc1ccc(C(=O)Nc2ccc3c(c2)N(S(=O)(=O)c2cccs2)CCC3)c(OC)c1. The first-order valence-electron chi connectivity index (χ1n) is 9.66. The summed E-state index contributed by atoms with van der Waals surface area (Å²) in [4.78, 5) is 12.9. The van der Waals surface area contributed by atoms with E-state index in [1.165, 1.54) is 29.9 Å². The van der Waals surface area contributed by atoms with E-state index in [1.807, 2.05) is 6.07 Å². The molecule has 9 heteroatoms. The molecule has 0 saturated carbocycles. The maximum Gasteiger partial charge on any atom is 0.273 e. The van der Waals surface area contributed by atoms with Crippen molar-refractivity contribution in [2.45, 2.75) is 17.1 Å². The Morgan fingerprint density at radius 3 is 2.65 bits per heavy atom. The Labute approximate surface area is 185 Å². The molecule has 7 nitrogen and oxygen atoms in total. The van der Waals surface area contributed by atoms with Gasteiger partial charge in [0.1, 0.15) is 15.7 Å². The number of methoxy groups -OCH3 is 2. The first-order chi connectivity index (χ1) is 14.9. The summed E-state index contributed by atoms with van der Waals surface area (Å²) >= 11 is 1.19. The summed E-state index contributed by atoms with van der Waals surface area (Å²) in [5, 5.41) is 4.60. The minimum Gasteiger partial charge on any atom is -0.497 e. The van der Waals surface area contributed by atoms with E-state index in [4.69, 9.17) is 9.47 Å². The molecular weight excluding hydrogens is 436 g/mol. The topological polar surface area (TPSA) is 84.9 Å². The van der Waals surface area contributed by atoms with Crippen LogP contribution in [0.1, 0.15) is 22.3 Å². The molecule has 31 heavy (non-hydrogen) atoms. The van der Waals surface area contributed by atoms with E-state index in [2.05, 4.69) is 5.32 Å². The van der Waals surface area contributed by atoms with E-state index in [0.29, 0.717) is 39.2 Å². The third kappa shape index (κ3) is 4.11. The van der Waals surface area contributed by atoms with Crippen LogP contribution in [0.3, 0.4) is 0 Å². The number of ether oxygens (including phenoxy) is 2. The van der Waals surface area contributed by atoms with E-state index in [9.17, 15) is 13.2 Å². The average Bonchev–Trinajstić information content (AvgIpc) is 3.34. The molecule has 0 aliphatic carbocycles. The zero-order chi connectivity index (χ0) is 22.0. The maximum absolute atomic E-state index is 13.1. The van der Waals surface area contributed by atoms with Crippen molar-refractivity contribution in [1.82, 2.24) is 0 Å². The Bertz CT molecular complexity index is 1210. The van der Waals surface area contributed by atoms with Crippen LogP contribution < -0.4 is 19.1 Å². The molecule has 1 aromatic heterocycles. The van der Waals surface area contributed by atoms with E-state index >= 15 is 0 Å². The second-order valence-electron chi connectivity index (χ2n) is 6.98. The Morgan fingerprint density at radius 2 is 1.94 bits per heavy atom. The number of carbonyl (C=O) groups excluding carboxylic acids is 1. The zero-order valence-electron chi connectivity index (χ0n) is 17.1. The van der Waals surface area contributed by atoms with Gasteiger partial charge in [0, 0.05) is 18.3 Å². The van der Waals surface area contributed by atoms with Gasteiger partial charge in [-0.25, -0.2) is 8.42 Å². The summed E-state index contributed by atoms with van der Waals surface area (Å²) in [6.07, 6.45) is 1.53. The first-order valence-corrected chi connectivity index (χ1v) is 12.0. The van der Waals surface area contributed by atoms with Gasteiger partial charge in [0.05, 0.1) is 25.5 Å². The molecule has 0 fully saturated rings. The second-order valence-corrected chi connectivity index (χ2v) is 10.0. The molecule has 3 aromatic rings. The Morgan fingerprint density at radius 1 is 1.10 bits per heavy atom. The predicted molar refractivity (Wildman–Crippen MR) is 121 cm³/mol. The molecule has 1 N–H and O–H groups in total. The Hall–Kier alpha value is -3.04. The normalized spacial score (nSPS) is 13.4. The molecule has 1 aliphatic heterocycles. The predicted octanol–water partition coefficient (Wildman–Crippen LogP) is 4.16. The number of thiophene rings is 1. The maximum atomic E-state index is 13.1. The lowest BCUT2D eigenvalue weighted by atomic mass is 10.0. The number of amides is 1. The summed E-state index contributed by atoms with van der Waals surface area (Å²) in [7, 11) is -0.619. The molecule has 0 bridgehead atoms. The van der Waals surface area contributed by atoms with Crippen molar-refractivity contribution in [2.24, 2.45) is 0 Å². The van der Waals surface area contributed by atoms with Gasteiger partial charge in [-0.05, 0) is 54.1 Å². The van der Waals surface area contributed by atoms with Crippen LogP contribution in [0, 0.1) is 0 Å². The minimum atomic E-state index is -3.64. The van der Waals surface area contributed by atoms with Gasteiger partial charge in [-0.1, -0.05) is 12.1 Å². The number of fused-ring (bicyclic) bond motifs is 1. The first kappa shape index (κ1) is 21.2. The molecule has 4 rings (SSSR count). The summed E-state index contributed by atoms with van der Waals surface area (Å²) in [6.45, 7) is 0.400. The zero-order valence-corrected chi connectivity index (χ0v) is 18.8. The molecule has 162 valence electrons. The number of nitrogens with one attached hydrogen (secondary N) is 1. The lowest BCUT2D eigenvalue weighted by molar-refractivity contribution is 0.102. The molecule has 2 aromatic carbocycles. The molecule has 0 radical (unpaired) electrons. The minimum absolute atomic E-state index is 0.303. The quantitative estimate of drug-likeness (QED) is 0.600. The number of benzene rings is 2. The van der Waals surface area contributed by atoms with Crippen molar-refractivity contribution >= 4 is 38.6 Å². The van der Waals surface area contributed by atoms with Crippen LogP contribution in [0.5, 0.6) is 11.5 Å². The summed E-state index contributed by atoms with van der Waals surface area (Å²) < 4.78 is 38.5. The fraction of sp³-hybridized carbons (Fsp3) is 0.227. The van der Waals surface area contributed by atoms with Crippen LogP contribution >= 0.6 is 11.3 Å². The molecule has 1 aliphatic rings. The van der Waals surface area contributed by atoms with Crippen LogP contribution in [0.4, 0.5) is 11.4 Å². The molecule has 0 saturated heterocycles. The highest BCUT2D eigenvalue weighted by molar-refractivity contribution is 7.94. The standard InChI is InChI=1S/C22H22N2O5S2/c1-28-17-9-10-18(20(14-17)29-2)22(25)23-16-8-7-15-5-3-11-24(19(15)13-16)31(26,27)21-6-4-12-30-21/h4,6-10,12-14H,3,5,11H2,1-2H3,(H,23,25). The highest BCUT2D eigenvalue weighted by atomic mass is 32.2. The fourth-order valence-corrected chi connectivity index (χ4v) is 6.21.